The van der Waals surface area contributed by atoms with E-state index in [1.165, 1.54) is 0 Å². The van der Waals surface area contributed by atoms with Gasteiger partial charge < -0.3 is 15.8 Å². The number of ether oxygens (including phenoxy) is 1. The van der Waals surface area contributed by atoms with Crippen molar-refractivity contribution >= 4 is 5.91 Å². The highest BCUT2D eigenvalue weighted by Crippen LogP contribution is 2.01. The molecule has 0 saturated carbocycles. The Kier molecular flexibility index (Phi) is 4.31. The van der Waals surface area contributed by atoms with Gasteiger partial charge in [0, 0.05) is 19.6 Å². The van der Waals surface area contributed by atoms with Crippen molar-refractivity contribution in [1.82, 2.24) is 10.2 Å². The number of hydrogen-bond acceptors (Lipinski definition) is 4. The van der Waals surface area contributed by atoms with Crippen molar-refractivity contribution in [2.24, 2.45) is 5.73 Å². The first-order valence-electron chi connectivity index (χ1n) is 4.93. The summed E-state index contributed by atoms with van der Waals surface area (Å²) < 4.78 is 5.52. The average molecular weight is 201 g/mol. The maximum absolute atomic E-state index is 10.9. The fraction of sp³-hybridized carbons (Fsp3) is 0.889. The minimum atomic E-state index is -0.295. The van der Waals surface area contributed by atoms with E-state index < -0.39 is 0 Å². The number of primary amides is 1. The van der Waals surface area contributed by atoms with E-state index in [2.05, 4.69) is 5.32 Å². The largest absolute Gasteiger partial charge is 0.374 e. The fourth-order valence-electron chi connectivity index (χ4n) is 1.43. The van der Waals surface area contributed by atoms with Gasteiger partial charge in [0.15, 0.2) is 0 Å². The van der Waals surface area contributed by atoms with Crippen molar-refractivity contribution < 1.29 is 9.53 Å². The molecule has 0 bridgehead atoms. The van der Waals surface area contributed by atoms with E-state index in [1.54, 1.807) is 6.92 Å². The molecule has 3 N–H and O–H groups in total. The molecule has 0 aromatic carbocycles. The highest BCUT2D eigenvalue weighted by atomic mass is 16.5. The maximum atomic E-state index is 10.9. The number of nitrogens with one attached hydrogen (secondary N) is 1. The number of carbonyl (C=O) groups is 1. The Morgan fingerprint density at radius 3 is 3.00 bits per heavy atom. The summed E-state index contributed by atoms with van der Waals surface area (Å²) in [5.41, 5.74) is 5.20. The topological polar surface area (TPSA) is 67.6 Å². The zero-order valence-corrected chi connectivity index (χ0v) is 8.82. The lowest BCUT2D eigenvalue weighted by Gasteiger charge is -2.30. The Morgan fingerprint density at radius 2 is 2.50 bits per heavy atom. The minimum absolute atomic E-state index is 0.163. The van der Waals surface area contributed by atoms with Gasteiger partial charge in [0.25, 0.3) is 0 Å². The van der Waals surface area contributed by atoms with Crippen LogP contribution in [0.1, 0.15) is 6.92 Å². The van der Waals surface area contributed by atoms with E-state index in [1.807, 2.05) is 11.9 Å². The van der Waals surface area contributed by atoms with Crippen molar-refractivity contribution in [3.05, 3.63) is 0 Å². The van der Waals surface area contributed by atoms with Crippen LogP contribution in [0.25, 0.3) is 0 Å². The predicted molar refractivity (Wildman–Crippen MR) is 53.9 cm³/mol. The quantitative estimate of drug-likeness (QED) is 0.598. The molecular formula is C9H19N3O2. The van der Waals surface area contributed by atoms with Gasteiger partial charge in [-0.05, 0) is 14.0 Å². The Labute approximate surface area is 84.6 Å². The van der Waals surface area contributed by atoms with Crippen LogP contribution >= 0.6 is 0 Å². The number of morpholine rings is 1. The molecule has 1 fully saturated rings. The number of carbonyl (C=O) groups excluding carboxylic acids is 1. The highest BCUT2D eigenvalue weighted by molar-refractivity contribution is 5.79. The zero-order valence-electron chi connectivity index (χ0n) is 8.82. The molecule has 1 heterocycles. The molecule has 1 rings (SSSR count). The fourth-order valence-corrected chi connectivity index (χ4v) is 1.43. The van der Waals surface area contributed by atoms with Crippen molar-refractivity contribution in [3.63, 3.8) is 0 Å². The van der Waals surface area contributed by atoms with Gasteiger partial charge in [-0.15, -0.1) is 0 Å². The second-order valence-electron chi connectivity index (χ2n) is 3.71. The number of hydrogen-bond donors (Lipinski definition) is 2. The summed E-state index contributed by atoms with van der Waals surface area (Å²) in [6, 6.07) is -0.236. The first-order chi connectivity index (χ1) is 6.61. The number of likely N-dealkylation sites (N-methyl/N-ethyl adjacent to an activating group) is 1. The van der Waals surface area contributed by atoms with Crippen LogP contribution in [-0.2, 0) is 9.53 Å². The van der Waals surface area contributed by atoms with Crippen molar-refractivity contribution in [1.29, 1.82) is 0 Å². The van der Waals surface area contributed by atoms with E-state index >= 15 is 0 Å². The number of amides is 1. The molecule has 1 amide bonds. The third kappa shape index (κ3) is 3.25. The van der Waals surface area contributed by atoms with Gasteiger partial charge in [0.1, 0.15) is 0 Å². The van der Waals surface area contributed by atoms with Gasteiger partial charge in [0.05, 0.1) is 18.8 Å². The monoisotopic (exact) mass is 201 g/mol. The summed E-state index contributed by atoms with van der Waals surface area (Å²) in [5, 5.41) is 3.24. The van der Waals surface area contributed by atoms with Gasteiger partial charge in [0.2, 0.25) is 5.91 Å². The first-order valence-corrected chi connectivity index (χ1v) is 4.93. The SMILES string of the molecule is CC(C(N)=O)N(C)CC1CNCCO1. The van der Waals surface area contributed by atoms with Crippen LogP contribution in [0.5, 0.6) is 0 Å². The number of nitrogens with zero attached hydrogens (tertiary/aromatic N) is 1. The highest BCUT2D eigenvalue weighted by Gasteiger charge is 2.20. The Balaban J connectivity index is 2.31. The molecule has 0 radical (unpaired) electrons. The number of nitrogens with two attached hydrogens (primary N) is 1. The summed E-state index contributed by atoms with van der Waals surface area (Å²) in [7, 11) is 1.88. The van der Waals surface area contributed by atoms with Crippen LogP contribution in [0, 0.1) is 0 Å². The molecule has 5 heteroatoms. The van der Waals surface area contributed by atoms with Gasteiger partial charge in [-0.1, -0.05) is 0 Å². The number of rotatable bonds is 4. The lowest BCUT2D eigenvalue weighted by atomic mass is 10.2. The van der Waals surface area contributed by atoms with Crippen LogP contribution < -0.4 is 11.1 Å². The molecule has 0 spiro atoms. The van der Waals surface area contributed by atoms with E-state index in [9.17, 15) is 4.79 Å². The van der Waals surface area contributed by atoms with Crippen LogP contribution in [0.2, 0.25) is 0 Å². The lowest BCUT2D eigenvalue weighted by molar-refractivity contribution is -0.122. The Bertz CT molecular complexity index is 192. The summed E-state index contributed by atoms with van der Waals surface area (Å²) in [4.78, 5) is 12.8. The third-order valence-corrected chi connectivity index (χ3v) is 2.57. The second kappa shape index (κ2) is 5.29. The van der Waals surface area contributed by atoms with Crippen LogP contribution in [-0.4, -0.2) is 56.2 Å². The first kappa shape index (κ1) is 11.4. The van der Waals surface area contributed by atoms with Gasteiger partial charge >= 0.3 is 0 Å². The van der Waals surface area contributed by atoms with Crippen molar-refractivity contribution in [2.45, 2.75) is 19.1 Å². The summed E-state index contributed by atoms with van der Waals surface area (Å²) in [6.45, 7) is 5.03. The molecule has 0 aromatic heterocycles. The minimum Gasteiger partial charge on any atom is -0.374 e. The standard InChI is InChI=1S/C9H19N3O2/c1-7(9(10)13)12(2)6-8-5-11-3-4-14-8/h7-8,11H,3-6H2,1-2H3,(H2,10,13). The molecule has 0 aliphatic carbocycles. The van der Waals surface area contributed by atoms with Gasteiger partial charge in [-0.3, -0.25) is 9.69 Å². The molecule has 1 saturated heterocycles. The average Bonchev–Trinajstić information content (AvgIpc) is 2.18. The molecule has 2 unspecified atom stereocenters. The van der Waals surface area contributed by atoms with Crippen LogP contribution in [0.4, 0.5) is 0 Å². The maximum Gasteiger partial charge on any atom is 0.234 e. The summed E-state index contributed by atoms with van der Waals surface area (Å²) in [6.07, 6.45) is 0.163. The molecule has 14 heavy (non-hydrogen) atoms. The summed E-state index contributed by atoms with van der Waals surface area (Å²) >= 11 is 0. The second-order valence-corrected chi connectivity index (χ2v) is 3.71. The van der Waals surface area contributed by atoms with E-state index in [0.29, 0.717) is 0 Å². The smallest absolute Gasteiger partial charge is 0.234 e. The molecule has 2 atom stereocenters. The van der Waals surface area contributed by atoms with Crippen molar-refractivity contribution in [3.8, 4) is 0 Å². The normalized spacial score (nSPS) is 24.9. The predicted octanol–water partition coefficient (Wildman–Crippen LogP) is -1.22. The van der Waals surface area contributed by atoms with Crippen LogP contribution in [0.15, 0.2) is 0 Å². The third-order valence-electron chi connectivity index (χ3n) is 2.57. The molecule has 0 aromatic rings. The molecular weight excluding hydrogens is 182 g/mol. The van der Waals surface area contributed by atoms with Gasteiger partial charge in [-0.25, -0.2) is 0 Å². The molecule has 1 aliphatic rings. The molecule has 1 aliphatic heterocycles. The Hall–Kier alpha value is -0.650. The van der Waals surface area contributed by atoms with Crippen molar-refractivity contribution in [2.75, 3.05) is 33.3 Å². The lowest BCUT2D eigenvalue weighted by Crippen LogP contribution is -2.49. The van der Waals surface area contributed by atoms with E-state index in [-0.39, 0.29) is 18.1 Å². The Morgan fingerprint density at radius 1 is 1.79 bits per heavy atom. The molecule has 5 nitrogen and oxygen atoms in total. The van der Waals surface area contributed by atoms with Crippen LogP contribution in [0.3, 0.4) is 0 Å². The van der Waals surface area contributed by atoms with E-state index in [4.69, 9.17) is 10.5 Å². The summed E-state index contributed by atoms with van der Waals surface area (Å²) in [5.74, 6) is -0.295. The molecule has 82 valence electrons. The zero-order chi connectivity index (χ0) is 10.6. The van der Waals surface area contributed by atoms with E-state index in [0.717, 1.165) is 26.2 Å². The van der Waals surface area contributed by atoms with Gasteiger partial charge in [-0.2, -0.15) is 0 Å².